The first-order valence-electron chi connectivity index (χ1n) is 8.21. The highest BCUT2D eigenvalue weighted by atomic mass is 14.3. The maximum absolute atomic E-state index is 9.09. The molecule has 2 aromatic carbocycles. The van der Waals surface area contributed by atoms with Gasteiger partial charge in [0, 0.05) is 0 Å². The van der Waals surface area contributed by atoms with Crippen LogP contribution in [0.2, 0.25) is 0 Å². The molecular formula is C21H23N. The lowest BCUT2D eigenvalue weighted by atomic mass is 9.88. The van der Waals surface area contributed by atoms with Crippen LogP contribution >= 0.6 is 0 Å². The number of hydrogen-bond donors (Lipinski definition) is 0. The van der Waals surface area contributed by atoms with Crippen LogP contribution in [0.25, 0.3) is 11.1 Å². The molecule has 0 N–H and O–H groups in total. The molecule has 1 nitrogen and oxygen atoms in total. The number of fused-ring (bicyclic) bond motifs is 3. The highest BCUT2D eigenvalue weighted by molar-refractivity contribution is 5.77. The van der Waals surface area contributed by atoms with Gasteiger partial charge in [-0.2, -0.15) is 5.26 Å². The lowest BCUT2D eigenvalue weighted by Crippen LogP contribution is -2.07. The molecule has 0 unspecified atom stereocenters. The van der Waals surface area contributed by atoms with Gasteiger partial charge in [0.2, 0.25) is 0 Å². The Labute approximate surface area is 133 Å². The molecule has 0 aliphatic heterocycles. The van der Waals surface area contributed by atoms with Crippen molar-refractivity contribution >= 4 is 0 Å². The van der Waals surface area contributed by atoms with E-state index in [1.54, 1.807) is 0 Å². The number of aryl methyl sites for hydroxylation is 1. The van der Waals surface area contributed by atoms with Gasteiger partial charge in [-0.05, 0) is 67.3 Å². The molecular weight excluding hydrogens is 266 g/mol. The third-order valence-electron chi connectivity index (χ3n) is 4.75. The molecule has 3 rings (SSSR count). The first kappa shape index (κ1) is 14.9. The Hall–Kier alpha value is -2.07. The van der Waals surface area contributed by atoms with E-state index in [1.165, 1.54) is 27.8 Å². The Morgan fingerprint density at radius 3 is 2.59 bits per heavy atom. The quantitative estimate of drug-likeness (QED) is 0.567. The minimum atomic E-state index is -0.186. The Balaban J connectivity index is 1.69. The predicted octanol–water partition coefficient (Wildman–Crippen LogP) is 5.52. The van der Waals surface area contributed by atoms with Crippen molar-refractivity contribution in [2.75, 3.05) is 0 Å². The monoisotopic (exact) mass is 289 g/mol. The molecule has 0 saturated heterocycles. The van der Waals surface area contributed by atoms with E-state index in [1.807, 2.05) is 13.8 Å². The van der Waals surface area contributed by atoms with Crippen LogP contribution in [-0.4, -0.2) is 0 Å². The van der Waals surface area contributed by atoms with Gasteiger partial charge in [-0.3, -0.25) is 0 Å². The lowest BCUT2D eigenvalue weighted by Gasteiger charge is -2.15. The molecule has 0 atom stereocenters. The van der Waals surface area contributed by atoms with Crippen molar-refractivity contribution in [3.8, 4) is 17.2 Å². The molecule has 22 heavy (non-hydrogen) atoms. The van der Waals surface area contributed by atoms with Gasteiger partial charge in [-0.1, -0.05) is 48.9 Å². The van der Waals surface area contributed by atoms with E-state index in [-0.39, 0.29) is 5.41 Å². The Morgan fingerprint density at radius 2 is 1.77 bits per heavy atom. The van der Waals surface area contributed by atoms with Crippen LogP contribution in [0.15, 0.2) is 42.5 Å². The molecule has 0 spiro atoms. The summed E-state index contributed by atoms with van der Waals surface area (Å²) in [4.78, 5) is 0. The molecule has 0 saturated carbocycles. The van der Waals surface area contributed by atoms with Crippen LogP contribution in [0.3, 0.4) is 0 Å². The Kier molecular flexibility index (Phi) is 4.03. The van der Waals surface area contributed by atoms with E-state index in [0.29, 0.717) is 0 Å². The normalized spacial score (nSPS) is 12.6. The lowest BCUT2D eigenvalue weighted by molar-refractivity contribution is 0.427. The number of unbranched alkanes of at least 4 members (excludes halogenated alkanes) is 1. The summed E-state index contributed by atoms with van der Waals surface area (Å²) >= 11 is 0. The predicted molar refractivity (Wildman–Crippen MR) is 91.6 cm³/mol. The van der Waals surface area contributed by atoms with E-state index in [4.69, 9.17) is 5.26 Å². The zero-order valence-electron chi connectivity index (χ0n) is 13.5. The average Bonchev–Trinajstić information content (AvgIpc) is 2.91. The van der Waals surface area contributed by atoms with Gasteiger partial charge in [0.1, 0.15) is 0 Å². The fraction of sp³-hybridized carbons (Fsp3) is 0.381. The van der Waals surface area contributed by atoms with Crippen LogP contribution in [0.5, 0.6) is 0 Å². The van der Waals surface area contributed by atoms with Crippen molar-refractivity contribution in [2.45, 2.75) is 46.0 Å². The number of benzene rings is 2. The standard InChI is InChI=1S/C21H23N/c1-21(2,15-22)13-6-5-8-16-10-7-12-19-18-11-4-3-9-17(18)14-20(16)19/h3-4,7,9-12H,5-6,8,13-14H2,1-2H3. The van der Waals surface area contributed by atoms with Crippen molar-refractivity contribution in [1.82, 2.24) is 0 Å². The topological polar surface area (TPSA) is 23.8 Å². The van der Waals surface area contributed by atoms with Crippen LogP contribution in [0.1, 0.15) is 49.8 Å². The largest absolute Gasteiger partial charge is 0.198 e. The van der Waals surface area contributed by atoms with Crippen molar-refractivity contribution in [3.05, 3.63) is 59.2 Å². The summed E-state index contributed by atoms with van der Waals surface area (Å²) in [5.41, 5.74) is 7.10. The summed E-state index contributed by atoms with van der Waals surface area (Å²) in [6.07, 6.45) is 5.47. The van der Waals surface area contributed by atoms with E-state index >= 15 is 0 Å². The summed E-state index contributed by atoms with van der Waals surface area (Å²) in [5, 5.41) is 9.09. The summed E-state index contributed by atoms with van der Waals surface area (Å²) in [6.45, 7) is 4.06. The third kappa shape index (κ3) is 2.92. The molecule has 0 amide bonds. The Bertz CT molecular complexity index is 719. The average molecular weight is 289 g/mol. The van der Waals surface area contributed by atoms with Gasteiger partial charge < -0.3 is 0 Å². The zero-order valence-corrected chi connectivity index (χ0v) is 13.5. The molecule has 1 heteroatoms. The molecule has 0 radical (unpaired) electrons. The molecule has 0 bridgehead atoms. The van der Waals surface area contributed by atoms with Gasteiger partial charge in [0.25, 0.3) is 0 Å². The number of rotatable bonds is 5. The molecule has 1 aliphatic carbocycles. The maximum Gasteiger partial charge on any atom is 0.0683 e. The minimum Gasteiger partial charge on any atom is -0.198 e. The second-order valence-electron chi connectivity index (χ2n) is 6.98. The highest BCUT2D eigenvalue weighted by Gasteiger charge is 2.20. The van der Waals surface area contributed by atoms with E-state index in [2.05, 4.69) is 48.5 Å². The number of nitriles is 1. The van der Waals surface area contributed by atoms with Gasteiger partial charge in [-0.25, -0.2) is 0 Å². The summed E-state index contributed by atoms with van der Waals surface area (Å²) < 4.78 is 0. The zero-order chi connectivity index (χ0) is 15.6. The van der Waals surface area contributed by atoms with E-state index < -0.39 is 0 Å². The first-order valence-corrected chi connectivity index (χ1v) is 8.21. The molecule has 0 fully saturated rings. The summed E-state index contributed by atoms with van der Waals surface area (Å²) in [7, 11) is 0. The summed E-state index contributed by atoms with van der Waals surface area (Å²) in [5.74, 6) is 0. The van der Waals surface area contributed by atoms with E-state index in [0.717, 1.165) is 32.1 Å². The Morgan fingerprint density at radius 1 is 1.00 bits per heavy atom. The highest BCUT2D eigenvalue weighted by Crippen LogP contribution is 2.38. The molecule has 0 aromatic heterocycles. The van der Waals surface area contributed by atoms with Crippen LogP contribution < -0.4 is 0 Å². The van der Waals surface area contributed by atoms with Crippen LogP contribution in [-0.2, 0) is 12.8 Å². The van der Waals surface area contributed by atoms with Crippen molar-refractivity contribution in [2.24, 2.45) is 5.41 Å². The van der Waals surface area contributed by atoms with Crippen LogP contribution in [0.4, 0.5) is 0 Å². The smallest absolute Gasteiger partial charge is 0.0683 e. The molecule has 0 heterocycles. The maximum atomic E-state index is 9.09. The fourth-order valence-electron chi connectivity index (χ4n) is 3.40. The van der Waals surface area contributed by atoms with Gasteiger partial charge in [0.15, 0.2) is 0 Å². The molecule has 1 aliphatic rings. The van der Waals surface area contributed by atoms with Crippen molar-refractivity contribution < 1.29 is 0 Å². The first-order chi connectivity index (χ1) is 10.6. The van der Waals surface area contributed by atoms with E-state index in [9.17, 15) is 0 Å². The molecule has 2 aromatic rings. The van der Waals surface area contributed by atoms with Crippen molar-refractivity contribution in [1.29, 1.82) is 5.26 Å². The second kappa shape index (κ2) is 5.97. The van der Waals surface area contributed by atoms with Crippen LogP contribution in [0, 0.1) is 16.7 Å². The molecule has 112 valence electrons. The van der Waals surface area contributed by atoms with Gasteiger partial charge in [-0.15, -0.1) is 0 Å². The summed E-state index contributed by atoms with van der Waals surface area (Å²) in [6, 6.07) is 17.9. The van der Waals surface area contributed by atoms with Crippen molar-refractivity contribution in [3.63, 3.8) is 0 Å². The van der Waals surface area contributed by atoms with Gasteiger partial charge in [0.05, 0.1) is 11.5 Å². The number of hydrogen-bond acceptors (Lipinski definition) is 1. The third-order valence-corrected chi connectivity index (χ3v) is 4.75. The SMILES string of the molecule is CC(C)(C#N)CCCCc1cccc2c1Cc1ccccc1-2. The van der Waals surface area contributed by atoms with Gasteiger partial charge >= 0.3 is 0 Å². The number of nitrogens with zero attached hydrogens (tertiary/aromatic N) is 1. The fourth-order valence-corrected chi connectivity index (χ4v) is 3.40. The second-order valence-corrected chi connectivity index (χ2v) is 6.98. The minimum absolute atomic E-state index is 0.186.